The number of carbonyl (C=O) groups is 1. The van der Waals surface area contributed by atoms with Crippen LogP contribution in [0.25, 0.3) is 0 Å². The highest BCUT2D eigenvalue weighted by molar-refractivity contribution is 5.98. The van der Waals surface area contributed by atoms with Crippen LogP contribution in [0.4, 0.5) is 0 Å². The van der Waals surface area contributed by atoms with E-state index < -0.39 is 0 Å². The number of pyridine rings is 1. The number of rotatable bonds is 2. The Labute approximate surface area is 120 Å². The van der Waals surface area contributed by atoms with Crippen LogP contribution in [0, 0.1) is 5.41 Å². The highest BCUT2D eigenvalue weighted by Crippen LogP contribution is 2.35. The molecule has 1 saturated carbocycles. The fraction of sp³-hybridized carbons (Fsp3) is 0.647. The van der Waals surface area contributed by atoms with Crippen molar-refractivity contribution < 1.29 is 9.53 Å². The molecule has 2 aliphatic carbocycles. The van der Waals surface area contributed by atoms with Crippen molar-refractivity contribution in [1.82, 2.24) is 4.98 Å². The first kappa shape index (κ1) is 13.6. The topological polar surface area (TPSA) is 39.2 Å². The van der Waals surface area contributed by atoms with E-state index in [1.807, 2.05) is 12.1 Å². The summed E-state index contributed by atoms with van der Waals surface area (Å²) in [5.41, 5.74) is 1.72. The van der Waals surface area contributed by atoms with Crippen molar-refractivity contribution in [3.8, 4) is 5.88 Å². The van der Waals surface area contributed by atoms with Crippen molar-refractivity contribution in [3.63, 3.8) is 0 Å². The molecule has 1 fully saturated rings. The maximum Gasteiger partial charge on any atom is 0.213 e. The summed E-state index contributed by atoms with van der Waals surface area (Å²) in [6.45, 7) is 4.26. The molecule has 1 aromatic heterocycles. The molecule has 0 amide bonds. The first-order chi connectivity index (χ1) is 9.53. The van der Waals surface area contributed by atoms with Crippen molar-refractivity contribution in [2.45, 2.75) is 64.9 Å². The molecule has 3 nitrogen and oxygen atoms in total. The zero-order valence-electron chi connectivity index (χ0n) is 12.4. The van der Waals surface area contributed by atoms with E-state index >= 15 is 0 Å². The van der Waals surface area contributed by atoms with Crippen molar-refractivity contribution >= 4 is 5.78 Å². The van der Waals surface area contributed by atoms with E-state index in [1.54, 1.807) is 0 Å². The summed E-state index contributed by atoms with van der Waals surface area (Å²) in [7, 11) is 0. The molecule has 108 valence electrons. The van der Waals surface area contributed by atoms with E-state index in [0.29, 0.717) is 18.4 Å². The normalized spacial score (nSPS) is 22.4. The lowest BCUT2D eigenvalue weighted by atomic mass is 9.76. The molecule has 3 rings (SSSR count). The molecule has 0 saturated heterocycles. The van der Waals surface area contributed by atoms with Gasteiger partial charge in [0.05, 0.1) is 5.69 Å². The molecule has 20 heavy (non-hydrogen) atoms. The van der Waals surface area contributed by atoms with Crippen LogP contribution in [0.3, 0.4) is 0 Å². The number of hydrogen-bond acceptors (Lipinski definition) is 3. The highest BCUT2D eigenvalue weighted by atomic mass is 16.5. The van der Waals surface area contributed by atoms with E-state index in [4.69, 9.17) is 4.74 Å². The standard InChI is InChI=1S/C17H23NO2/c1-17(2)10-14-13(15(19)11-17)8-9-16(18-14)20-12-6-4-3-5-7-12/h8-9,12H,3-7,10-11H2,1-2H3. The zero-order chi connectivity index (χ0) is 14.2. The Morgan fingerprint density at radius 2 is 1.90 bits per heavy atom. The smallest absolute Gasteiger partial charge is 0.213 e. The van der Waals surface area contributed by atoms with Gasteiger partial charge in [-0.2, -0.15) is 0 Å². The number of Topliss-reactive ketones (excluding diaryl/α,β-unsaturated/α-hetero) is 1. The summed E-state index contributed by atoms with van der Waals surface area (Å²) < 4.78 is 6.00. The number of aromatic nitrogens is 1. The molecule has 0 bridgehead atoms. The molecular weight excluding hydrogens is 250 g/mol. The van der Waals surface area contributed by atoms with E-state index in [1.165, 1.54) is 19.3 Å². The van der Waals surface area contributed by atoms with Gasteiger partial charge in [-0.1, -0.05) is 20.3 Å². The molecule has 0 unspecified atom stereocenters. The minimum atomic E-state index is 0.0144. The predicted molar refractivity (Wildman–Crippen MR) is 78.2 cm³/mol. The quantitative estimate of drug-likeness (QED) is 0.819. The summed E-state index contributed by atoms with van der Waals surface area (Å²) >= 11 is 0. The van der Waals surface area contributed by atoms with Gasteiger partial charge in [0.2, 0.25) is 5.88 Å². The Balaban J connectivity index is 1.79. The molecule has 1 aromatic rings. The number of ether oxygens (including phenoxy) is 1. The Morgan fingerprint density at radius 3 is 2.65 bits per heavy atom. The summed E-state index contributed by atoms with van der Waals surface area (Å²) in [4.78, 5) is 16.7. The second kappa shape index (κ2) is 5.19. The second-order valence-corrected chi connectivity index (χ2v) is 6.96. The van der Waals surface area contributed by atoms with Gasteiger partial charge < -0.3 is 4.74 Å². The van der Waals surface area contributed by atoms with E-state index in [-0.39, 0.29) is 11.2 Å². The maximum atomic E-state index is 12.1. The van der Waals surface area contributed by atoms with Crippen LogP contribution in [0.2, 0.25) is 0 Å². The van der Waals surface area contributed by atoms with Crippen molar-refractivity contribution in [2.75, 3.05) is 0 Å². The zero-order valence-corrected chi connectivity index (χ0v) is 12.4. The monoisotopic (exact) mass is 273 g/mol. The average molecular weight is 273 g/mol. The largest absolute Gasteiger partial charge is 0.474 e. The highest BCUT2D eigenvalue weighted by Gasteiger charge is 2.32. The number of hydrogen-bond donors (Lipinski definition) is 0. The molecule has 3 heteroatoms. The summed E-state index contributed by atoms with van der Waals surface area (Å²) in [6.07, 6.45) is 7.86. The first-order valence-electron chi connectivity index (χ1n) is 7.73. The van der Waals surface area contributed by atoms with Crippen LogP contribution >= 0.6 is 0 Å². The predicted octanol–water partition coefficient (Wildman–Crippen LogP) is 3.95. The van der Waals surface area contributed by atoms with E-state index in [9.17, 15) is 4.79 Å². The SMILES string of the molecule is CC1(C)CC(=O)c2ccc(OC3CCCCC3)nc2C1. The van der Waals surface area contributed by atoms with Crippen LogP contribution in [0.5, 0.6) is 5.88 Å². The lowest BCUT2D eigenvalue weighted by molar-refractivity contribution is 0.0909. The number of ketones is 1. The van der Waals surface area contributed by atoms with Gasteiger partial charge in [-0.15, -0.1) is 0 Å². The molecule has 0 spiro atoms. The minimum Gasteiger partial charge on any atom is -0.474 e. The van der Waals surface area contributed by atoms with Crippen LogP contribution in [-0.2, 0) is 6.42 Å². The van der Waals surface area contributed by atoms with Gasteiger partial charge in [-0.3, -0.25) is 4.79 Å². The molecule has 0 radical (unpaired) electrons. The van der Waals surface area contributed by atoms with Gasteiger partial charge in [0.15, 0.2) is 5.78 Å². The van der Waals surface area contributed by atoms with Gasteiger partial charge in [0, 0.05) is 18.1 Å². The van der Waals surface area contributed by atoms with Crippen LogP contribution < -0.4 is 4.74 Å². The summed E-state index contributed by atoms with van der Waals surface area (Å²) in [6, 6.07) is 3.77. The fourth-order valence-electron chi connectivity index (χ4n) is 3.34. The van der Waals surface area contributed by atoms with Gasteiger partial charge in [0.1, 0.15) is 6.10 Å². The number of fused-ring (bicyclic) bond motifs is 1. The van der Waals surface area contributed by atoms with Crippen LogP contribution in [0.1, 0.15) is 68.4 Å². The first-order valence-corrected chi connectivity index (χ1v) is 7.73. The van der Waals surface area contributed by atoms with Crippen molar-refractivity contribution in [2.24, 2.45) is 5.41 Å². The third kappa shape index (κ3) is 2.87. The Morgan fingerprint density at radius 1 is 1.15 bits per heavy atom. The Kier molecular flexibility index (Phi) is 3.53. The van der Waals surface area contributed by atoms with Crippen molar-refractivity contribution in [3.05, 3.63) is 23.4 Å². The van der Waals surface area contributed by atoms with Crippen molar-refractivity contribution in [1.29, 1.82) is 0 Å². The molecule has 0 N–H and O–H groups in total. The molecule has 1 heterocycles. The lowest BCUT2D eigenvalue weighted by Crippen LogP contribution is -2.28. The summed E-state index contributed by atoms with van der Waals surface area (Å²) in [5, 5.41) is 0. The van der Waals surface area contributed by atoms with E-state index in [2.05, 4.69) is 18.8 Å². The van der Waals surface area contributed by atoms with E-state index in [0.717, 1.165) is 30.5 Å². The molecule has 2 aliphatic rings. The third-order valence-corrected chi connectivity index (χ3v) is 4.37. The lowest BCUT2D eigenvalue weighted by Gasteiger charge is -2.30. The third-order valence-electron chi connectivity index (χ3n) is 4.37. The Bertz CT molecular complexity index is 516. The molecular formula is C17H23NO2. The molecule has 0 atom stereocenters. The number of nitrogens with zero attached hydrogens (tertiary/aromatic N) is 1. The fourth-order valence-corrected chi connectivity index (χ4v) is 3.34. The number of carbonyl (C=O) groups excluding carboxylic acids is 1. The maximum absolute atomic E-state index is 12.1. The Hall–Kier alpha value is -1.38. The molecule has 0 aromatic carbocycles. The minimum absolute atomic E-state index is 0.0144. The molecule has 0 aliphatic heterocycles. The second-order valence-electron chi connectivity index (χ2n) is 6.96. The average Bonchev–Trinajstić information content (AvgIpc) is 2.38. The van der Waals surface area contributed by atoms with Gasteiger partial charge in [-0.05, 0) is 43.6 Å². The van der Waals surface area contributed by atoms with Gasteiger partial charge >= 0.3 is 0 Å². The van der Waals surface area contributed by atoms with Gasteiger partial charge in [0.25, 0.3) is 0 Å². The summed E-state index contributed by atoms with van der Waals surface area (Å²) in [5.74, 6) is 0.911. The van der Waals surface area contributed by atoms with Gasteiger partial charge in [-0.25, -0.2) is 4.98 Å². The van der Waals surface area contributed by atoms with Crippen LogP contribution in [0.15, 0.2) is 12.1 Å². The van der Waals surface area contributed by atoms with Crippen LogP contribution in [-0.4, -0.2) is 16.9 Å².